The predicted molar refractivity (Wildman–Crippen MR) is 118 cm³/mol. The Morgan fingerprint density at radius 1 is 0.600 bits per heavy atom. The van der Waals surface area contributed by atoms with Crippen molar-refractivity contribution in [2.45, 2.75) is 13.3 Å². The van der Waals surface area contributed by atoms with Crippen LogP contribution in [0.25, 0.3) is 0 Å². The van der Waals surface area contributed by atoms with Crippen LogP contribution in [0.4, 0.5) is 0 Å². The summed E-state index contributed by atoms with van der Waals surface area (Å²) >= 11 is 0. The average molecular weight is 469 g/mol. The molecule has 3 heteroatoms. The molecular weight excluding hydrogens is 445 g/mol. The third-order valence-electron chi connectivity index (χ3n) is 4.30. The van der Waals surface area contributed by atoms with Gasteiger partial charge in [-0.25, -0.2) is 0 Å². The molecule has 0 aliphatic rings. The molecule has 0 saturated heterocycles. The summed E-state index contributed by atoms with van der Waals surface area (Å²) in [5, 5.41) is 0. The Kier molecular flexibility index (Phi) is 10.3. The second-order valence-corrected chi connectivity index (χ2v) is 6.58. The van der Waals surface area contributed by atoms with Gasteiger partial charge in [0.1, 0.15) is 11.5 Å². The van der Waals surface area contributed by atoms with Crippen LogP contribution in [-0.2, 0) is 39.1 Å². The fraction of sp³-hybridized carbons (Fsp3) is 0.111. The van der Waals surface area contributed by atoms with Crippen molar-refractivity contribution >= 4 is 0 Å². The fourth-order valence-electron chi connectivity index (χ4n) is 2.70. The van der Waals surface area contributed by atoms with E-state index in [4.69, 9.17) is 9.47 Å². The van der Waals surface area contributed by atoms with Crippen LogP contribution in [0.1, 0.15) is 16.7 Å². The van der Waals surface area contributed by atoms with E-state index in [0.717, 1.165) is 23.7 Å². The van der Waals surface area contributed by atoms with Gasteiger partial charge in [-0.2, -0.15) is 54.1 Å². The van der Waals surface area contributed by atoms with Crippen molar-refractivity contribution in [3.8, 4) is 17.2 Å². The molecule has 0 aromatic heterocycles. The van der Waals surface area contributed by atoms with Gasteiger partial charge in [0.25, 0.3) is 0 Å². The fourth-order valence-corrected chi connectivity index (χ4v) is 2.70. The van der Waals surface area contributed by atoms with E-state index in [-0.39, 0.29) is 32.7 Å². The molecule has 0 N–H and O–H groups in total. The van der Waals surface area contributed by atoms with E-state index < -0.39 is 0 Å². The van der Waals surface area contributed by atoms with Crippen LogP contribution >= 0.6 is 0 Å². The SMILES string of the molecule is COc1ccc(Cc2ccc(Oc3cc[c-]cc3)cc2)cc1.Cc1cc[c-]cc1.[Y]. The molecule has 30 heavy (non-hydrogen) atoms. The Balaban J connectivity index is 0.000000341. The first kappa shape index (κ1) is 23.9. The molecule has 4 aromatic carbocycles. The third-order valence-corrected chi connectivity index (χ3v) is 4.30. The van der Waals surface area contributed by atoms with Gasteiger partial charge in [0.2, 0.25) is 0 Å². The van der Waals surface area contributed by atoms with Crippen molar-refractivity contribution in [1.82, 2.24) is 0 Å². The van der Waals surface area contributed by atoms with E-state index in [1.807, 2.05) is 72.8 Å². The van der Waals surface area contributed by atoms with Crippen molar-refractivity contribution in [3.05, 3.63) is 126 Å². The summed E-state index contributed by atoms with van der Waals surface area (Å²) in [5.74, 6) is 2.54. The molecule has 0 unspecified atom stereocenters. The zero-order chi connectivity index (χ0) is 20.3. The quantitative estimate of drug-likeness (QED) is 0.304. The number of benzene rings is 4. The second-order valence-electron chi connectivity index (χ2n) is 6.58. The van der Waals surface area contributed by atoms with Gasteiger partial charge in [-0.05, 0) is 41.8 Å². The van der Waals surface area contributed by atoms with Gasteiger partial charge in [0.05, 0.1) is 7.11 Å². The van der Waals surface area contributed by atoms with Crippen molar-refractivity contribution in [1.29, 1.82) is 0 Å². The van der Waals surface area contributed by atoms with Crippen LogP contribution in [0, 0.1) is 19.1 Å². The molecule has 4 rings (SSSR count). The molecule has 0 aliphatic carbocycles. The number of rotatable bonds is 5. The Labute approximate surface area is 204 Å². The Morgan fingerprint density at radius 3 is 1.47 bits per heavy atom. The molecular formula is C27H24O2Y-2. The van der Waals surface area contributed by atoms with Gasteiger partial charge in [-0.15, -0.1) is 12.1 Å². The summed E-state index contributed by atoms with van der Waals surface area (Å²) in [5.41, 5.74) is 3.80. The summed E-state index contributed by atoms with van der Waals surface area (Å²) in [7, 11) is 1.68. The molecule has 149 valence electrons. The van der Waals surface area contributed by atoms with Crippen molar-refractivity contribution in [3.63, 3.8) is 0 Å². The van der Waals surface area contributed by atoms with Crippen LogP contribution in [0.5, 0.6) is 17.2 Å². The largest absolute Gasteiger partial charge is 0.497 e. The first-order valence-electron chi connectivity index (χ1n) is 9.51. The Morgan fingerprint density at radius 2 is 1.03 bits per heavy atom. The maximum atomic E-state index is 5.78. The maximum absolute atomic E-state index is 5.78. The normalized spacial score (nSPS) is 9.53. The van der Waals surface area contributed by atoms with Gasteiger partial charge in [0.15, 0.2) is 0 Å². The second kappa shape index (κ2) is 13.0. The Bertz CT molecular complexity index is 967. The summed E-state index contributed by atoms with van der Waals surface area (Å²) in [4.78, 5) is 0. The zero-order valence-corrected chi connectivity index (χ0v) is 20.2. The molecule has 0 atom stereocenters. The van der Waals surface area contributed by atoms with E-state index in [9.17, 15) is 0 Å². The Hall–Kier alpha value is -2.42. The number of aryl methyl sites for hydroxylation is 1. The minimum Gasteiger partial charge on any atom is -0.497 e. The first-order valence-corrected chi connectivity index (χ1v) is 9.51. The van der Waals surface area contributed by atoms with E-state index >= 15 is 0 Å². The zero-order valence-electron chi connectivity index (χ0n) is 17.3. The van der Waals surface area contributed by atoms with Gasteiger partial charge >= 0.3 is 0 Å². The van der Waals surface area contributed by atoms with Crippen molar-refractivity contribution in [2.24, 2.45) is 0 Å². The molecule has 0 amide bonds. The first-order chi connectivity index (χ1) is 14.2. The molecule has 2 nitrogen and oxygen atoms in total. The molecule has 0 bridgehead atoms. The van der Waals surface area contributed by atoms with Gasteiger partial charge in [0, 0.05) is 38.5 Å². The van der Waals surface area contributed by atoms with E-state index in [2.05, 4.69) is 43.3 Å². The minimum absolute atomic E-state index is 0. The van der Waals surface area contributed by atoms with E-state index in [0.29, 0.717) is 0 Å². The monoisotopic (exact) mass is 469 g/mol. The molecule has 0 aliphatic heterocycles. The summed E-state index contributed by atoms with van der Waals surface area (Å²) in [6.07, 6.45) is 0.893. The number of ether oxygens (including phenoxy) is 2. The molecule has 0 fully saturated rings. The van der Waals surface area contributed by atoms with Gasteiger partial charge in [-0.1, -0.05) is 31.2 Å². The van der Waals surface area contributed by atoms with Crippen LogP contribution in [0.2, 0.25) is 0 Å². The third kappa shape index (κ3) is 8.14. The molecule has 1 radical (unpaired) electrons. The molecule has 0 saturated carbocycles. The summed E-state index contributed by atoms with van der Waals surface area (Å²) in [6, 6.07) is 37.6. The topological polar surface area (TPSA) is 18.5 Å². The van der Waals surface area contributed by atoms with Crippen LogP contribution in [-0.4, -0.2) is 7.11 Å². The number of hydrogen-bond donors (Lipinski definition) is 0. The molecule has 4 aromatic rings. The van der Waals surface area contributed by atoms with Crippen LogP contribution in [0.15, 0.2) is 97.1 Å². The van der Waals surface area contributed by atoms with Crippen LogP contribution in [0.3, 0.4) is 0 Å². The predicted octanol–water partition coefficient (Wildman–Crippen LogP) is 6.67. The minimum atomic E-state index is 0. The van der Waals surface area contributed by atoms with Gasteiger partial charge in [-0.3, -0.25) is 0 Å². The maximum Gasteiger partial charge on any atom is 0.124 e. The van der Waals surface area contributed by atoms with E-state index in [1.165, 1.54) is 16.7 Å². The standard InChI is InChI=1S/C20H17O2.C7H7.Y/c1-21-18-11-7-16(8-12-18)15-17-9-13-20(14-10-17)22-19-5-3-2-4-6-19;1-7-5-3-2-4-6-7;/h3-14H,15H2,1H3;3-6H,1H3;/q2*-1;. The van der Waals surface area contributed by atoms with Gasteiger partial charge < -0.3 is 9.47 Å². The van der Waals surface area contributed by atoms with Crippen LogP contribution < -0.4 is 9.47 Å². The van der Waals surface area contributed by atoms with Crippen molar-refractivity contribution in [2.75, 3.05) is 7.11 Å². The number of hydrogen-bond acceptors (Lipinski definition) is 2. The summed E-state index contributed by atoms with van der Waals surface area (Å²) < 4.78 is 11.0. The molecule has 0 heterocycles. The average Bonchev–Trinajstić information content (AvgIpc) is 2.77. The van der Waals surface area contributed by atoms with Crippen molar-refractivity contribution < 1.29 is 42.2 Å². The van der Waals surface area contributed by atoms with E-state index in [1.54, 1.807) is 7.11 Å². The smallest absolute Gasteiger partial charge is 0.124 e. The molecule has 0 spiro atoms. The number of methoxy groups -OCH3 is 1. The summed E-state index contributed by atoms with van der Waals surface area (Å²) in [6.45, 7) is 2.06.